The second-order valence-electron chi connectivity index (χ2n) is 1.49. The Hall–Kier alpha value is -1.01. The van der Waals surface area contributed by atoms with Gasteiger partial charge in [-0.15, -0.1) is 0 Å². The van der Waals surface area contributed by atoms with E-state index in [2.05, 4.69) is 25.7 Å². The van der Waals surface area contributed by atoms with Crippen LogP contribution in [-0.2, 0) is 4.84 Å². The van der Waals surface area contributed by atoms with Gasteiger partial charge < -0.3 is 0 Å². The summed E-state index contributed by atoms with van der Waals surface area (Å²) in [5.74, 6) is 0. The molecule has 0 radical (unpaired) electrons. The van der Waals surface area contributed by atoms with Crippen molar-refractivity contribution in [1.82, 2.24) is 20.9 Å². The van der Waals surface area contributed by atoms with Crippen LogP contribution in [-0.4, -0.2) is 27.5 Å². The van der Waals surface area contributed by atoms with E-state index in [1.54, 1.807) is 0 Å². The molecular formula is C4H6N4OS. The van der Waals surface area contributed by atoms with E-state index in [4.69, 9.17) is 12.2 Å². The summed E-state index contributed by atoms with van der Waals surface area (Å²) >= 11 is 4.81. The molecule has 6 heteroatoms. The molecule has 0 aliphatic rings. The fourth-order valence-corrected chi connectivity index (χ4v) is 0.638. The lowest BCUT2D eigenvalue weighted by Gasteiger charge is -1.98. The summed E-state index contributed by atoms with van der Waals surface area (Å²) in [6.07, 6.45) is 1.51. The van der Waals surface area contributed by atoms with Crippen molar-refractivity contribution < 1.29 is 4.84 Å². The van der Waals surface area contributed by atoms with Gasteiger partial charge in [0.2, 0.25) is 0 Å². The molecule has 1 rings (SSSR count). The molecule has 1 aromatic heterocycles. The van der Waals surface area contributed by atoms with E-state index in [1.165, 1.54) is 13.3 Å². The Labute approximate surface area is 62.7 Å². The second-order valence-corrected chi connectivity index (χ2v) is 1.90. The molecule has 54 valence electrons. The fourth-order valence-electron chi connectivity index (χ4n) is 0.456. The Bertz CT molecular complexity index is 209. The molecule has 0 atom stereocenters. The van der Waals surface area contributed by atoms with Crippen LogP contribution in [0, 0.1) is 0 Å². The molecule has 0 bridgehead atoms. The van der Waals surface area contributed by atoms with Crippen molar-refractivity contribution in [2.24, 2.45) is 0 Å². The SMILES string of the molecule is CONC(=S)c1cn[nH]n1. The van der Waals surface area contributed by atoms with Gasteiger partial charge in [0, 0.05) is 0 Å². The van der Waals surface area contributed by atoms with E-state index in [0.717, 1.165) is 0 Å². The monoisotopic (exact) mass is 158 g/mol. The van der Waals surface area contributed by atoms with Crippen molar-refractivity contribution in [3.8, 4) is 0 Å². The first kappa shape index (κ1) is 7.10. The molecule has 1 aromatic rings. The smallest absolute Gasteiger partial charge is 0.152 e. The minimum absolute atomic E-state index is 0.413. The first-order valence-electron chi connectivity index (χ1n) is 2.53. The van der Waals surface area contributed by atoms with Gasteiger partial charge in [0.1, 0.15) is 5.69 Å². The Balaban J connectivity index is 2.59. The molecule has 0 aliphatic carbocycles. The highest BCUT2D eigenvalue weighted by Gasteiger charge is 2.00. The van der Waals surface area contributed by atoms with E-state index in [9.17, 15) is 0 Å². The zero-order valence-corrected chi connectivity index (χ0v) is 6.10. The van der Waals surface area contributed by atoms with Gasteiger partial charge >= 0.3 is 0 Å². The predicted octanol–water partition coefficient (Wildman–Crippen LogP) is -0.369. The van der Waals surface area contributed by atoms with Crippen LogP contribution in [0.4, 0.5) is 0 Å². The zero-order valence-electron chi connectivity index (χ0n) is 5.29. The lowest BCUT2D eigenvalue weighted by molar-refractivity contribution is 0.147. The summed E-state index contributed by atoms with van der Waals surface area (Å²) in [4.78, 5) is 4.97. The van der Waals surface area contributed by atoms with Gasteiger partial charge in [0.15, 0.2) is 4.99 Å². The molecule has 0 spiro atoms. The summed E-state index contributed by atoms with van der Waals surface area (Å²) < 4.78 is 0. The molecule has 0 saturated heterocycles. The number of hydrogen-bond donors (Lipinski definition) is 2. The summed E-state index contributed by atoms with van der Waals surface area (Å²) in [7, 11) is 1.48. The minimum Gasteiger partial charge on any atom is -0.279 e. The van der Waals surface area contributed by atoms with Gasteiger partial charge in [-0.05, 0) is 0 Å². The van der Waals surface area contributed by atoms with Crippen molar-refractivity contribution in [2.45, 2.75) is 0 Å². The third kappa shape index (κ3) is 1.49. The standard InChI is InChI=1S/C4H6N4OS/c1-9-7-4(10)3-2-5-8-6-3/h2H,1H3,(H,7,10)(H,5,6,8). The number of nitrogens with one attached hydrogen (secondary N) is 2. The van der Waals surface area contributed by atoms with Crippen molar-refractivity contribution >= 4 is 17.2 Å². The topological polar surface area (TPSA) is 62.8 Å². The van der Waals surface area contributed by atoms with E-state index in [-0.39, 0.29) is 0 Å². The average molecular weight is 158 g/mol. The minimum atomic E-state index is 0.413. The van der Waals surface area contributed by atoms with E-state index >= 15 is 0 Å². The van der Waals surface area contributed by atoms with Gasteiger partial charge in [-0.3, -0.25) is 10.3 Å². The number of hydrogen-bond acceptors (Lipinski definition) is 4. The van der Waals surface area contributed by atoms with Crippen LogP contribution < -0.4 is 5.48 Å². The number of thiocarbonyl (C=S) groups is 1. The van der Waals surface area contributed by atoms with Crippen LogP contribution in [0.1, 0.15) is 5.69 Å². The number of hydroxylamine groups is 1. The number of nitrogens with zero attached hydrogens (tertiary/aromatic N) is 2. The van der Waals surface area contributed by atoms with E-state index in [1.807, 2.05) is 0 Å². The molecule has 0 amide bonds. The summed E-state index contributed by atoms with van der Waals surface area (Å²) in [6, 6.07) is 0. The molecule has 0 saturated carbocycles. The van der Waals surface area contributed by atoms with Crippen molar-refractivity contribution in [3.63, 3.8) is 0 Å². The molecule has 0 fully saturated rings. The quantitative estimate of drug-likeness (QED) is 0.454. The lowest BCUT2D eigenvalue weighted by atomic mass is 10.5. The molecule has 0 unspecified atom stereocenters. The number of aromatic nitrogens is 3. The van der Waals surface area contributed by atoms with Crippen molar-refractivity contribution in [3.05, 3.63) is 11.9 Å². The average Bonchev–Trinajstić information content (AvgIpc) is 2.38. The van der Waals surface area contributed by atoms with Gasteiger partial charge in [0.05, 0.1) is 13.3 Å². The van der Waals surface area contributed by atoms with Gasteiger partial charge in [-0.1, -0.05) is 12.2 Å². The predicted molar refractivity (Wildman–Crippen MR) is 38.2 cm³/mol. The second kappa shape index (κ2) is 3.23. The van der Waals surface area contributed by atoms with Crippen LogP contribution in [0.2, 0.25) is 0 Å². The third-order valence-electron chi connectivity index (χ3n) is 0.842. The number of rotatable bonds is 2. The molecule has 2 N–H and O–H groups in total. The maximum atomic E-state index is 4.81. The van der Waals surface area contributed by atoms with E-state index in [0.29, 0.717) is 10.7 Å². The molecular weight excluding hydrogens is 152 g/mol. The summed E-state index contributed by atoms with van der Waals surface area (Å²) in [6.45, 7) is 0. The van der Waals surface area contributed by atoms with Crippen molar-refractivity contribution in [2.75, 3.05) is 7.11 Å². The number of aromatic amines is 1. The Morgan fingerprint density at radius 2 is 2.70 bits per heavy atom. The normalized spacial score (nSPS) is 9.30. The molecule has 5 nitrogen and oxygen atoms in total. The van der Waals surface area contributed by atoms with Gasteiger partial charge in [-0.2, -0.15) is 15.4 Å². The first-order chi connectivity index (χ1) is 4.84. The summed E-state index contributed by atoms with van der Waals surface area (Å²) in [5, 5.41) is 9.71. The van der Waals surface area contributed by atoms with Crippen LogP contribution in [0.3, 0.4) is 0 Å². The maximum absolute atomic E-state index is 4.81. The van der Waals surface area contributed by atoms with E-state index < -0.39 is 0 Å². The highest BCUT2D eigenvalue weighted by atomic mass is 32.1. The third-order valence-corrected chi connectivity index (χ3v) is 1.13. The van der Waals surface area contributed by atoms with Crippen molar-refractivity contribution in [1.29, 1.82) is 0 Å². The largest absolute Gasteiger partial charge is 0.279 e. The van der Waals surface area contributed by atoms with Crippen LogP contribution >= 0.6 is 12.2 Å². The lowest BCUT2D eigenvalue weighted by Crippen LogP contribution is -2.20. The van der Waals surface area contributed by atoms with Crippen LogP contribution in [0.15, 0.2) is 6.20 Å². The summed E-state index contributed by atoms with van der Waals surface area (Å²) in [5.41, 5.74) is 3.02. The Kier molecular flexibility index (Phi) is 2.30. The highest BCUT2D eigenvalue weighted by Crippen LogP contribution is 1.88. The molecule has 0 aliphatic heterocycles. The first-order valence-corrected chi connectivity index (χ1v) is 2.94. The van der Waals surface area contributed by atoms with Crippen LogP contribution in [0.25, 0.3) is 0 Å². The fraction of sp³-hybridized carbons (Fsp3) is 0.250. The van der Waals surface area contributed by atoms with Crippen LogP contribution in [0.5, 0.6) is 0 Å². The zero-order chi connectivity index (χ0) is 7.40. The van der Waals surface area contributed by atoms with Gasteiger partial charge in [-0.25, -0.2) is 0 Å². The highest BCUT2D eigenvalue weighted by molar-refractivity contribution is 7.80. The van der Waals surface area contributed by atoms with Gasteiger partial charge in [0.25, 0.3) is 0 Å². The Morgan fingerprint density at radius 3 is 3.20 bits per heavy atom. The molecule has 1 heterocycles. The number of H-pyrrole nitrogens is 1. The Morgan fingerprint density at radius 1 is 1.90 bits per heavy atom. The maximum Gasteiger partial charge on any atom is 0.152 e. The molecule has 0 aromatic carbocycles. The molecule has 10 heavy (non-hydrogen) atoms.